The molecule has 0 amide bonds. The van der Waals surface area contributed by atoms with E-state index in [1.807, 2.05) is 11.6 Å². The molecule has 3 aromatic rings. The van der Waals surface area contributed by atoms with Gasteiger partial charge in [-0.1, -0.05) is 17.7 Å². The topological polar surface area (TPSA) is 88.0 Å². The Bertz CT molecular complexity index is 935. The number of benzene rings is 1. The number of nitro groups is 1. The summed E-state index contributed by atoms with van der Waals surface area (Å²) in [4.78, 5) is 25.2. The molecule has 0 radical (unpaired) electrons. The smallest absolute Gasteiger partial charge is 0.288 e. The number of hydrogen-bond acceptors (Lipinski definition) is 6. The normalized spacial score (nSPS) is 15.9. The highest BCUT2D eigenvalue weighted by Gasteiger charge is 2.24. The maximum absolute atomic E-state index is 11.1. The first-order valence-corrected chi connectivity index (χ1v) is 9.96. The van der Waals surface area contributed by atoms with Crippen LogP contribution in [0.1, 0.15) is 29.6 Å². The fraction of sp³-hybridized carbons (Fsp3) is 0.333. The summed E-state index contributed by atoms with van der Waals surface area (Å²) in [7, 11) is 0. The van der Waals surface area contributed by atoms with E-state index in [1.54, 1.807) is 29.7 Å². The van der Waals surface area contributed by atoms with Crippen molar-refractivity contribution in [3.8, 4) is 11.3 Å². The van der Waals surface area contributed by atoms with Crippen LogP contribution in [0.15, 0.2) is 36.0 Å². The van der Waals surface area contributed by atoms with E-state index in [9.17, 15) is 10.1 Å². The molecule has 1 aliphatic heterocycles. The van der Waals surface area contributed by atoms with Crippen LogP contribution in [0.3, 0.4) is 0 Å². The molecular weight excluding hydrogens is 386 g/mol. The first-order valence-electron chi connectivity index (χ1n) is 8.70. The van der Waals surface area contributed by atoms with Gasteiger partial charge in [-0.05, 0) is 32.0 Å². The summed E-state index contributed by atoms with van der Waals surface area (Å²) < 4.78 is 0. The largest absolute Gasteiger partial charge is 0.348 e. The third kappa shape index (κ3) is 4.02. The number of likely N-dealkylation sites (tertiary alicyclic amines) is 1. The number of thiazole rings is 1. The van der Waals surface area contributed by atoms with Crippen molar-refractivity contribution >= 4 is 28.6 Å². The van der Waals surface area contributed by atoms with E-state index < -0.39 is 4.92 Å². The maximum Gasteiger partial charge on any atom is 0.288 e. The quantitative estimate of drug-likeness (QED) is 0.501. The van der Waals surface area contributed by atoms with E-state index in [-0.39, 0.29) is 10.7 Å². The van der Waals surface area contributed by atoms with Crippen LogP contribution in [-0.4, -0.2) is 37.9 Å². The molecule has 9 heteroatoms. The molecule has 1 N–H and O–H groups in total. The summed E-state index contributed by atoms with van der Waals surface area (Å²) in [5.41, 5.74) is 1.41. The van der Waals surface area contributed by atoms with Gasteiger partial charge in [0.05, 0.1) is 22.2 Å². The number of H-pyrrole nitrogens is 1. The summed E-state index contributed by atoms with van der Waals surface area (Å²) in [5.74, 6) is 1.42. The van der Waals surface area contributed by atoms with Gasteiger partial charge in [0.15, 0.2) is 0 Å². The van der Waals surface area contributed by atoms with E-state index in [0.717, 1.165) is 54.6 Å². The van der Waals surface area contributed by atoms with Crippen molar-refractivity contribution < 1.29 is 4.92 Å². The first-order chi connectivity index (χ1) is 13.1. The monoisotopic (exact) mass is 403 g/mol. The summed E-state index contributed by atoms with van der Waals surface area (Å²) in [6.07, 6.45) is 5.73. The summed E-state index contributed by atoms with van der Waals surface area (Å²) in [6.45, 7) is 2.86. The standard InChI is InChI=1S/C18H18ClN5O2S/c19-14-2-1-13(9-16(14)24(25)26)15-11-27-18(22-15)12-3-7-23(8-4-12)10-17-20-5-6-21-17/h1-2,5-6,9,11-12H,3-4,7-8,10H2,(H,20,21). The highest BCUT2D eigenvalue weighted by molar-refractivity contribution is 7.10. The van der Waals surface area contributed by atoms with Gasteiger partial charge in [0, 0.05) is 35.3 Å². The van der Waals surface area contributed by atoms with Crippen molar-refractivity contribution in [2.45, 2.75) is 25.3 Å². The van der Waals surface area contributed by atoms with Crippen molar-refractivity contribution in [3.63, 3.8) is 0 Å². The number of aromatic amines is 1. The van der Waals surface area contributed by atoms with E-state index in [0.29, 0.717) is 5.92 Å². The number of halogens is 1. The fourth-order valence-corrected chi connectivity index (χ4v) is 4.54. The Morgan fingerprint density at radius 3 is 2.89 bits per heavy atom. The Morgan fingerprint density at radius 1 is 1.37 bits per heavy atom. The highest BCUT2D eigenvalue weighted by Crippen LogP contribution is 2.35. The zero-order chi connectivity index (χ0) is 18.8. The number of rotatable bonds is 5. The number of nitrogens with zero attached hydrogens (tertiary/aromatic N) is 4. The van der Waals surface area contributed by atoms with Gasteiger partial charge in [-0.25, -0.2) is 9.97 Å². The predicted molar refractivity (Wildman–Crippen MR) is 105 cm³/mol. The minimum Gasteiger partial charge on any atom is -0.348 e. The van der Waals surface area contributed by atoms with Gasteiger partial charge < -0.3 is 4.98 Å². The van der Waals surface area contributed by atoms with Crippen LogP contribution in [0.4, 0.5) is 5.69 Å². The van der Waals surface area contributed by atoms with Crippen molar-refractivity contribution in [1.29, 1.82) is 0 Å². The van der Waals surface area contributed by atoms with Crippen LogP contribution in [0.2, 0.25) is 5.02 Å². The second-order valence-electron chi connectivity index (χ2n) is 6.58. The third-order valence-corrected chi connectivity index (χ3v) is 6.15. The molecule has 3 heterocycles. The van der Waals surface area contributed by atoms with Gasteiger partial charge in [-0.15, -0.1) is 11.3 Å². The average molecular weight is 404 g/mol. The third-order valence-electron chi connectivity index (χ3n) is 4.83. The average Bonchev–Trinajstić information content (AvgIpc) is 3.35. The molecule has 2 aromatic heterocycles. The van der Waals surface area contributed by atoms with E-state index >= 15 is 0 Å². The number of aromatic nitrogens is 3. The van der Waals surface area contributed by atoms with Crippen molar-refractivity contribution in [2.24, 2.45) is 0 Å². The van der Waals surface area contributed by atoms with Crippen LogP contribution < -0.4 is 0 Å². The maximum atomic E-state index is 11.1. The molecule has 1 fully saturated rings. The zero-order valence-electron chi connectivity index (χ0n) is 14.5. The fourth-order valence-electron chi connectivity index (χ4n) is 3.35. The summed E-state index contributed by atoms with van der Waals surface area (Å²) in [5, 5.41) is 14.3. The number of piperidine rings is 1. The Kier molecular flexibility index (Phi) is 5.20. The van der Waals surface area contributed by atoms with Crippen LogP contribution in [0.25, 0.3) is 11.3 Å². The highest BCUT2D eigenvalue weighted by atomic mass is 35.5. The Hall–Kier alpha value is -2.29. The van der Waals surface area contributed by atoms with Gasteiger partial charge in [-0.2, -0.15) is 0 Å². The lowest BCUT2D eigenvalue weighted by Crippen LogP contribution is -2.32. The van der Waals surface area contributed by atoms with Crippen LogP contribution in [0.5, 0.6) is 0 Å². The van der Waals surface area contributed by atoms with Crippen LogP contribution >= 0.6 is 22.9 Å². The van der Waals surface area contributed by atoms with Gasteiger partial charge >= 0.3 is 0 Å². The lowest BCUT2D eigenvalue weighted by Gasteiger charge is -2.30. The van der Waals surface area contributed by atoms with Gasteiger partial charge in [0.2, 0.25) is 0 Å². The predicted octanol–water partition coefficient (Wildman–Crippen LogP) is 4.47. The van der Waals surface area contributed by atoms with E-state index in [2.05, 4.69) is 14.9 Å². The molecule has 7 nitrogen and oxygen atoms in total. The summed E-state index contributed by atoms with van der Waals surface area (Å²) >= 11 is 7.52. The number of nitrogens with one attached hydrogen (secondary N) is 1. The Labute approximate surface area is 165 Å². The zero-order valence-corrected chi connectivity index (χ0v) is 16.0. The molecule has 0 unspecified atom stereocenters. The Morgan fingerprint density at radius 2 is 2.19 bits per heavy atom. The van der Waals surface area contributed by atoms with E-state index in [4.69, 9.17) is 16.6 Å². The molecular formula is C18H18ClN5O2S. The molecule has 1 saturated heterocycles. The molecule has 0 spiro atoms. The van der Waals surface area contributed by atoms with Gasteiger partial charge in [0.1, 0.15) is 10.8 Å². The molecule has 0 atom stereocenters. The van der Waals surface area contributed by atoms with E-state index in [1.165, 1.54) is 6.07 Å². The van der Waals surface area contributed by atoms with Gasteiger partial charge in [-0.3, -0.25) is 15.0 Å². The molecule has 0 aliphatic carbocycles. The van der Waals surface area contributed by atoms with Crippen molar-refractivity contribution in [1.82, 2.24) is 19.9 Å². The number of hydrogen-bond donors (Lipinski definition) is 1. The molecule has 140 valence electrons. The van der Waals surface area contributed by atoms with Crippen molar-refractivity contribution in [2.75, 3.05) is 13.1 Å². The van der Waals surface area contributed by atoms with Crippen LogP contribution in [-0.2, 0) is 6.54 Å². The second-order valence-corrected chi connectivity index (χ2v) is 7.88. The first kappa shape index (κ1) is 18.1. The minimum absolute atomic E-state index is 0.0880. The molecule has 1 aromatic carbocycles. The lowest BCUT2D eigenvalue weighted by molar-refractivity contribution is -0.384. The minimum atomic E-state index is -0.464. The molecule has 4 rings (SSSR count). The van der Waals surface area contributed by atoms with Gasteiger partial charge in [0.25, 0.3) is 5.69 Å². The molecule has 27 heavy (non-hydrogen) atoms. The number of imidazole rings is 1. The SMILES string of the molecule is O=[N+]([O-])c1cc(-c2csc(C3CCN(Cc4ncc[nH]4)CC3)n2)ccc1Cl. The second kappa shape index (κ2) is 7.75. The van der Waals surface area contributed by atoms with Crippen LogP contribution in [0, 0.1) is 10.1 Å². The molecule has 0 saturated carbocycles. The molecule has 1 aliphatic rings. The lowest BCUT2D eigenvalue weighted by atomic mass is 9.97. The van der Waals surface area contributed by atoms with Crippen molar-refractivity contribution in [3.05, 3.63) is 61.9 Å². The Balaban J connectivity index is 1.43. The molecule has 0 bridgehead atoms. The summed E-state index contributed by atoms with van der Waals surface area (Å²) in [6, 6.07) is 4.83. The number of nitro benzene ring substituents is 1.